The number of halogens is 1. The molecular weight excluding hydrogens is 340 g/mol. The summed E-state index contributed by atoms with van der Waals surface area (Å²) in [5.41, 5.74) is 0.869. The minimum absolute atomic E-state index is 0. The topological polar surface area (TPSA) is 84.5 Å². The van der Waals surface area contributed by atoms with Crippen molar-refractivity contribution in [3.8, 4) is 0 Å². The van der Waals surface area contributed by atoms with Gasteiger partial charge in [0.2, 0.25) is 10.0 Å². The molecule has 1 aliphatic heterocycles. The second-order valence-corrected chi connectivity index (χ2v) is 7.27. The number of methoxy groups -OCH3 is 1. The Balaban J connectivity index is 0.00000264. The molecule has 0 spiro atoms. The van der Waals surface area contributed by atoms with Crippen molar-refractivity contribution >= 4 is 28.4 Å². The van der Waals surface area contributed by atoms with Crippen LogP contribution in [0.25, 0.3) is 0 Å². The molecule has 1 fully saturated rings. The summed E-state index contributed by atoms with van der Waals surface area (Å²) in [7, 11) is -2.49. The summed E-state index contributed by atoms with van der Waals surface area (Å²) >= 11 is 0. The average molecular weight is 363 g/mol. The summed E-state index contributed by atoms with van der Waals surface area (Å²) in [5.74, 6) is -0.148. The third-order valence-corrected chi connectivity index (χ3v) is 5.36. The molecule has 0 amide bonds. The molecule has 0 bridgehead atoms. The van der Waals surface area contributed by atoms with Crippen molar-refractivity contribution in [1.29, 1.82) is 0 Å². The Morgan fingerprint density at radius 3 is 2.78 bits per heavy atom. The Bertz CT molecular complexity index is 643. The van der Waals surface area contributed by atoms with E-state index in [2.05, 4.69) is 14.8 Å². The van der Waals surface area contributed by atoms with E-state index in [-0.39, 0.29) is 22.9 Å². The van der Waals surface area contributed by atoms with Crippen molar-refractivity contribution in [1.82, 2.24) is 10.0 Å². The monoisotopic (exact) mass is 362 g/mol. The molecule has 1 heterocycles. The number of hydrogen-bond donors (Lipinski definition) is 2. The first-order chi connectivity index (χ1) is 10.4. The van der Waals surface area contributed by atoms with E-state index in [1.807, 2.05) is 0 Å². The standard InChI is InChI=1S/C15H22N2O4S.ClH/c1-11-3-4-14(13(9-11)15(18)21-2)22(19,20)17-8-6-12-5-7-16-10-12;/h3-4,9,12,16-17H,5-8,10H2,1-2H3;1H. The minimum atomic E-state index is -3.73. The van der Waals surface area contributed by atoms with Crippen LogP contribution in [0.2, 0.25) is 0 Å². The molecule has 1 aromatic rings. The van der Waals surface area contributed by atoms with Gasteiger partial charge in [-0.2, -0.15) is 0 Å². The van der Waals surface area contributed by atoms with E-state index in [9.17, 15) is 13.2 Å². The average Bonchev–Trinajstić information content (AvgIpc) is 2.99. The molecule has 0 radical (unpaired) electrons. The normalized spacial score (nSPS) is 17.6. The zero-order chi connectivity index (χ0) is 16.2. The summed E-state index contributed by atoms with van der Waals surface area (Å²) in [5, 5.41) is 3.25. The fourth-order valence-corrected chi connectivity index (χ4v) is 3.80. The Labute approximate surface area is 143 Å². The van der Waals surface area contributed by atoms with Crippen LogP contribution >= 0.6 is 12.4 Å². The molecule has 0 saturated carbocycles. The highest BCUT2D eigenvalue weighted by Gasteiger charge is 2.23. The molecule has 1 unspecified atom stereocenters. The van der Waals surface area contributed by atoms with Gasteiger partial charge in [-0.15, -0.1) is 12.4 Å². The second-order valence-electron chi connectivity index (χ2n) is 5.54. The Kier molecular flexibility index (Phi) is 7.47. The first-order valence-corrected chi connectivity index (χ1v) is 8.81. The number of carbonyl (C=O) groups is 1. The van der Waals surface area contributed by atoms with Crippen LogP contribution in [0, 0.1) is 12.8 Å². The van der Waals surface area contributed by atoms with Gasteiger partial charge < -0.3 is 10.1 Å². The van der Waals surface area contributed by atoms with E-state index in [4.69, 9.17) is 0 Å². The van der Waals surface area contributed by atoms with Crippen molar-refractivity contribution < 1.29 is 17.9 Å². The number of carbonyl (C=O) groups excluding carboxylic acids is 1. The molecule has 0 aliphatic carbocycles. The quantitative estimate of drug-likeness (QED) is 0.749. The molecule has 2 rings (SSSR count). The van der Waals surface area contributed by atoms with Crippen LogP contribution in [0.3, 0.4) is 0 Å². The zero-order valence-corrected chi connectivity index (χ0v) is 14.9. The lowest BCUT2D eigenvalue weighted by Gasteiger charge is -2.12. The molecule has 1 aliphatic rings. The number of esters is 1. The lowest BCUT2D eigenvalue weighted by Crippen LogP contribution is -2.28. The van der Waals surface area contributed by atoms with E-state index < -0.39 is 16.0 Å². The van der Waals surface area contributed by atoms with Crippen LogP contribution in [0.15, 0.2) is 23.1 Å². The van der Waals surface area contributed by atoms with E-state index in [0.29, 0.717) is 12.5 Å². The smallest absolute Gasteiger partial charge is 0.339 e. The number of benzene rings is 1. The second kappa shape index (κ2) is 8.63. The first kappa shape index (κ1) is 19.9. The molecule has 2 N–H and O–H groups in total. The van der Waals surface area contributed by atoms with Gasteiger partial charge in [0.1, 0.15) is 0 Å². The number of rotatable bonds is 6. The molecule has 1 aromatic carbocycles. The highest BCUT2D eigenvalue weighted by molar-refractivity contribution is 7.89. The highest BCUT2D eigenvalue weighted by atomic mass is 35.5. The van der Waals surface area contributed by atoms with E-state index in [0.717, 1.165) is 31.5 Å². The summed E-state index contributed by atoms with van der Waals surface area (Å²) in [6.07, 6.45) is 1.85. The van der Waals surface area contributed by atoms with Crippen LogP contribution in [-0.2, 0) is 14.8 Å². The third kappa shape index (κ3) is 5.17. The summed E-state index contributed by atoms with van der Waals surface area (Å²) in [4.78, 5) is 11.8. The Morgan fingerprint density at radius 2 is 2.17 bits per heavy atom. The molecule has 23 heavy (non-hydrogen) atoms. The number of nitrogens with one attached hydrogen (secondary N) is 2. The summed E-state index contributed by atoms with van der Waals surface area (Å²) in [6.45, 7) is 4.08. The number of sulfonamides is 1. The van der Waals surface area contributed by atoms with Gasteiger partial charge in [0, 0.05) is 6.54 Å². The minimum Gasteiger partial charge on any atom is -0.465 e. The van der Waals surface area contributed by atoms with Crippen molar-refractivity contribution in [3.05, 3.63) is 29.3 Å². The SMILES string of the molecule is COC(=O)c1cc(C)ccc1S(=O)(=O)NCCC1CCNC1.Cl. The van der Waals surface area contributed by atoms with Crippen molar-refractivity contribution in [2.24, 2.45) is 5.92 Å². The van der Waals surface area contributed by atoms with Crippen LogP contribution in [0.1, 0.15) is 28.8 Å². The maximum Gasteiger partial charge on any atom is 0.339 e. The highest BCUT2D eigenvalue weighted by Crippen LogP contribution is 2.19. The summed E-state index contributed by atoms with van der Waals surface area (Å²) < 4.78 is 32.1. The molecule has 6 nitrogen and oxygen atoms in total. The van der Waals surface area contributed by atoms with Crippen LogP contribution in [-0.4, -0.2) is 41.1 Å². The van der Waals surface area contributed by atoms with Gasteiger partial charge in [0.25, 0.3) is 0 Å². The van der Waals surface area contributed by atoms with Crippen molar-refractivity contribution in [2.75, 3.05) is 26.7 Å². The number of ether oxygens (including phenoxy) is 1. The number of hydrogen-bond acceptors (Lipinski definition) is 5. The lowest BCUT2D eigenvalue weighted by atomic mass is 10.1. The Morgan fingerprint density at radius 1 is 1.43 bits per heavy atom. The third-order valence-electron chi connectivity index (χ3n) is 3.84. The lowest BCUT2D eigenvalue weighted by molar-refractivity contribution is 0.0596. The van der Waals surface area contributed by atoms with Gasteiger partial charge in [0.15, 0.2) is 0 Å². The van der Waals surface area contributed by atoms with E-state index >= 15 is 0 Å². The van der Waals surface area contributed by atoms with Crippen LogP contribution in [0.4, 0.5) is 0 Å². The molecule has 1 saturated heterocycles. The largest absolute Gasteiger partial charge is 0.465 e. The van der Waals surface area contributed by atoms with E-state index in [1.165, 1.54) is 19.2 Å². The van der Waals surface area contributed by atoms with Gasteiger partial charge in [-0.25, -0.2) is 17.9 Å². The number of aryl methyl sites for hydroxylation is 1. The fraction of sp³-hybridized carbons (Fsp3) is 0.533. The molecule has 130 valence electrons. The fourth-order valence-electron chi connectivity index (χ4n) is 2.58. The molecule has 0 aromatic heterocycles. The van der Waals surface area contributed by atoms with Crippen LogP contribution < -0.4 is 10.0 Å². The van der Waals surface area contributed by atoms with Gasteiger partial charge in [0.05, 0.1) is 17.6 Å². The van der Waals surface area contributed by atoms with Crippen molar-refractivity contribution in [3.63, 3.8) is 0 Å². The zero-order valence-electron chi connectivity index (χ0n) is 13.3. The van der Waals surface area contributed by atoms with E-state index in [1.54, 1.807) is 13.0 Å². The van der Waals surface area contributed by atoms with Crippen molar-refractivity contribution in [2.45, 2.75) is 24.7 Å². The van der Waals surface area contributed by atoms with Gasteiger partial charge in [-0.05, 0) is 50.9 Å². The molecule has 8 heteroatoms. The molecular formula is C15H23ClN2O4S. The van der Waals surface area contributed by atoms with Gasteiger partial charge in [-0.3, -0.25) is 0 Å². The molecule has 1 atom stereocenters. The summed E-state index contributed by atoms with van der Waals surface area (Å²) in [6, 6.07) is 4.64. The van der Waals surface area contributed by atoms with Crippen LogP contribution in [0.5, 0.6) is 0 Å². The maximum atomic E-state index is 12.4. The predicted molar refractivity (Wildman–Crippen MR) is 90.5 cm³/mol. The van der Waals surface area contributed by atoms with Gasteiger partial charge in [-0.1, -0.05) is 11.6 Å². The predicted octanol–water partition coefficient (Wildman–Crippen LogP) is 1.48. The first-order valence-electron chi connectivity index (χ1n) is 7.33. The Hall–Kier alpha value is -1.15. The van der Waals surface area contributed by atoms with Gasteiger partial charge >= 0.3 is 5.97 Å². The maximum absolute atomic E-state index is 12.4.